The van der Waals surface area contributed by atoms with Crippen molar-refractivity contribution in [3.05, 3.63) is 33.8 Å². The van der Waals surface area contributed by atoms with E-state index in [-0.39, 0.29) is 5.75 Å². The van der Waals surface area contributed by atoms with Gasteiger partial charge in [0.1, 0.15) is 5.60 Å². The van der Waals surface area contributed by atoms with E-state index in [4.69, 9.17) is 27.9 Å². The molecule has 1 aliphatic heterocycles. The highest BCUT2D eigenvalue weighted by molar-refractivity contribution is 7.90. The van der Waals surface area contributed by atoms with Crippen molar-refractivity contribution in [1.82, 2.24) is 5.32 Å². The summed E-state index contributed by atoms with van der Waals surface area (Å²) in [5.41, 5.74) is -0.119. The van der Waals surface area contributed by atoms with E-state index in [1.807, 2.05) is 0 Å². The van der Waals surface area contributed by atoms with Crippen LogP contribution < -0.4 is 5.32 Å². The summed E-state index contributed by atoms with van der Waals surface area (Å²) in [4.78, 5) is 0. The van der Waals surface area contributed by atoms with Gasteiger partial charge in [-0.05, 0) is 30.7 Å². The van der Waals surface area contributed by atoms with Gasteiger partial charge in [-0.2, -0.15) is 0 Å². The fourth-order valence-electron chi connectivity index (χ4n) is 2.43. The van der Waals surface area contributed by atoms with Crippen molar-refractivity contribution in [3.8, 4) is 0 Å². The molecule has 1 atom stereocenters. The molecule has 1 fully saturated rings. The quantitative estimate of drug-likeness (QED) is 0.918. The van der Waals surface area contributed by atoms with Crippen LogP contribution in [0.2, 0.25) is 10.0 Å². The fraction of sp³-hybridized carbons (Fsp3) is 0.538. The Bertz CT molecular complexity index is 581. The Balaban J connectivity index is 2.46. The van der Waals surface area contributed by atoms with E-state index in [1.54, 1.807) is 18.2 Å². The molecule has 7 heteroatoms. The molecule has 2 rings (SSSR count). The predicted octanol–water partition coefficient (Wildman–Crippen LogP) is 2.24. The zero-order chi connectivity index (χ0) is 14.8. The summed E-state index contributed by atoms with van der Waals surface area (Å²) >= 11 is 12.0. The van der Waals surface area contributed by atoms with E-state index in [1.165, 1.54) is 6.26 Å². The van der Waals surface area contributed by atoms with Crippen LogP contribution in [0.4, 0.5) is 0 Å². The van der Waals surface area contributed by atoms with Gasteiger partial charge in [0.2, 0.25) is 0 Å². The molecule has 0 amide bonds. The number of hydrogen-bond donors (Lipinski definition) is 1. The Morgan fingerprint density at radius 2 is 2.05 bits per heavy atom. The standard InChI is InChI=1S/C13H17Cl2NO3S/c1-20(17,18)9-13(4-5-16-6-7-19-13)10-2-3-11(14)12(15)8-10/h2-3,8,16H,4-7,9H2,1H3/t13-/m1/s1. The molecular formula is C13H17Cl2NO3S. The highest BCUT2D eigenvalue weighted by atomic mass is 35.5. The van der Waals surface area contributed by atoms with Crippen LogP contribution in [0.3, 0.4) is 0 Å². The maximum atomic E-state index is 11.8. The second-order valence-electron chi connectivity index (χ2n) is 5.04. The first-order valence-corrected chi connectivity index (χ1v) is 9.12. The van der Waals surface area contributed by atoms with Gasteiger partial charge in [0, 0.05) is 12.8 Å². The molecule has 0 saturated carbocycles. The summed E-state index contributed by atoms with van der Waals surface area (Å²) in [6.07, 6.45) is 1.78. The van der Waals surface area contributed by atoms with Crippen molar-refractivity contribution in [1.29, 1.82) is 0 Å². The summed E-state index contributed by atoms with van der Waals surface area (Å²) in [6, 6.07) is 5.15. The van der Waals surface area contributed by atoms with E-state index in [0.717, 1.165) is 5.56 Å². The lowest BCUT2D eigenvalue weighted by molar-refractivity contribution is -0.0247. The first-order chi connectivity index (χ1) is 9.32. The topological polar surface area (TPSA) is 55.4 Å². The molecule has 112 valence electrons. The van der Waals surface area contributed by atoms with Gasteiger partial charge >= 0.3 is 0 Å². The summed E-state index contributed by atoms with van der Waals surface area (Å²) in [5.74, 6) is -0.0698. The zero-order valence-electron chi connectivity index (χ0n) is 11.2. The van der Waals surface area contributed by atoms with Crippen molar-refractivity contribution in [3.63, 3.8) is 0 Å². The Morgan fingerprint density at radius 3 is 2.70 bits per heavy atom. The normalized spacial score (nSPS) is 24.4. The van der Waals surface area contributed by atoms with Crippen LogP contribution in [0.15, 0.2) is 18.2 Å². The molecule has 0 radical (unpaired) electrons. The number of nitrogens with one attached hydrogen (secondary N) is 1. The molecule has 1 saturated heterocycles. The Hall–Kier alpha value is -0.330. The Labute approximate surface area is 129 Å². The number of ether oxygens (including phenoxy) is 1. The predicted molar refractivity (Wildman–Crippen MR) is 81.3 cm³/mol. The maximum absolute atomic E-state index is 11.8. The molecule has 20 heavy (non-hydrogen) atoms. The van der Waals surface area contributed by atoms with Gasteiger partial charge in [0.05, 0.1) is 22.4 Å². The summed E-state index contributed by atoms with van der Waals surface area (Å²) < 4.78 is 29.5. The molecule has 0 aromatic heterocycles. The molecule has 1 aromatic rings. The van der Waals surface area contributed by atoms with E-state index < -0.39 is 15.4 Å². The lowest BCUT2D eigenvalue weighted by atomic mass is 9.92. The Morgan fingerprint density at radius 1 is 1.30 bits per heavy atom. The van der Waals surface area contributed by atoms with Crippen molar-refractivity contribution >= 4 is 33.0 Å². The molecule has 1 heterocycles. The third-order valence-electron chi connectivity index (χ3n) is 3.30. The van der Waals surface area contributed by atoms with Crippen LogP contribution in [0, 0.1) is 0 Å². The molecule has 1 aliphatic rings. The van der Waals surface area contributed by atoms with Crippen molar-refractivity contribution in [2.75, 3.05) is 31.7 Å². The van der Waals surface area contributed by atoms with Gasteiger partial charge in [-0.3, -0.25) is 0 Å². The van der Waals surface area contributed by atoms with Crippen LogP contribution in [0.25, 0.3) is 0 Å². The third-order valence-corrected chi connectivity index (χ3v) is 5.03. The average molecular weight is 338 g/mol. The van der Waals surface area contributed by atoms with E-state index in [9.17, 15) is 8.42 Å². The van der Waals surface area contributed by atoms with Crippen LogP contribution in [-0.4, -0.2) is 40.1 Å². The summed E-state index contributed by atoms with van der Waals surface area (Å²) in [7, 11) is -3.20. The highest BCUT2D eigenvalue weighted by Gasteiger charge is 2.38. The molecule has 0 unspecified atom stereocenters. The van der Waals surface area contributed by atoms with E-state index >= 15 is 0 Å². The second kappa shape index (κ2) is 6.20. The van der Waals surface area contributed by atoms with Gasteiger partial charge in [-0.25, -0.2) is 8.42 Å². The minimum atomic E-state index is -3.20. The number of hydrogen-bond acceptors (Lipinski definition) is 4. The maximum Gasteiger partial charge on any atom is 0.150 e. The lowest BCUT2D eigenvalue weighted by Crippen LogP contribution is -2.38. The van der Waals surface area contributed by atoms with Gasteiger partial charge in [0.15, 0.2) is 9.84 Å². The molecule has 0 bridgehead atoms. The van der Waals surface area contributed by atoms with Crippen LogP contribution in [-0.2, 0) is 20.2 Å². The minimum Gasteiger partial charge on any atom is -0.368 e. The number of rotatable bonds is 3. The average Bonchev–Trinajstić information content (AvgIpc) is 2.57. The van der Waals surface area contributed by atoms with Gasteiger partial charge < -0.3 is 10.1 Å². The lowest BCUT2D eigenvalue weighted by Gasteiger charge is -2.32. The molecular weight excluding hydrogens is 321 g/mol. The smallest absolute Gasteiger partial charge is 0.150 e. The summed E-state index contributed by atoms with van der Waals surface area (Å²) in [6.45, 7) is 1.85. The molecule has 1 N–H and O–H groups in total. The largest absolute Gasteiger partial charge is 0.368 e. The third kappa shape index (κ3) is 3.86. The van der Waals surface area contributed by atoms with Crippen LogP contribution in [0.5, 0.6) is 0 Å². The molecule has 0 spiro atoms. The fourth-order valence-corrected chi connectivity index (χ4v) is 3.97. The number of benzene rings is 1. The van der Waals surface area contributed by atoms with E-state index in [2.05, 4.69) is 5.32 Å². The van der Waals surface area contributed by atoms with Crippen molar-refractivity contribution in [2.24, 2.45) is 0 Å². The summed E-state index contributed by atoms with van der Waals surface area (Å²) in [5, 5.41) is 4.05. The zero-order valence-corrected chi connectivity index (χ0v) is 13.5. The SMILES string of the molecule is CS(=O)(=O)C[C@@]1(c2ccc(Cl)c(Cl)c2)CCNCCO1. The second-order valence-corrected chi connectivity index (χ2v) is 8.00. The van der Waals surface area contributed by atoms with Crippen molar-refractivity contribution in [2.45, 2.75) is 12.0 Å². The van der Waals surface area contributed by atoms with Crippen LogP contribution in [0.1, 0.15) is 12.0 Å². The van der Waals surface area contributed by atoms with Gasteiger partial charge in [-0.1, -0.05) is 29.3 Å². The Kier molecular flexibility index (Phi) is 4.97. The molecule has 0 aliphatic carbocycles. The monoisotopic (exact) mass is 337 g/mol. The first-order valence-electron chi connectivity index (χ1n) is 6.30. The highest BCUT2D eigenvalue weighted by Crippen LogP contribution is 2.35. The van der Waals surface area contributed by atoms with Crippen LogP contribution >= 0.6 is 23.2 Å². The van der Waals surface area contributed by atoms with Gasteiger partial charge in [0.25, 0.3) is 0 Å². The number of sulfone groups is 1. The number of halogens is 2. The molecule has 1 aromatic carbocycles. The molecule has 4 nitrogen and oxygen atoms in total. The van der Waals surface area contributed by atoms with E-state index in [0.29, 0.717) is 36.2 Å². The van der Waals surface area contributed by atoms with Gasteiger partial charge in [-0.15, -0.1) is 0 Å². The minimum absolute atomic E-state index is 0.0698. The van der Waals surface area contributed by atoms with Crippen molar-refractivity contribution < 1.29 is 13.2 Å². The first kappa shape index (κ1) is 16.0.